The maximum absolute atomic E-state index is 9.75. The quantitative estimate of drug-likeness (QED) is 0.728. The van der Waals surface area contributed by atoms with Gasteiger partial charge in [-0.15, -0.1) is 0 Å². The minimum Gasteiger partial charge on any atom is -0.389 e. The molecule has 5 heteroatoms. The maximum Gasteiger partial charge on any atom is 0.0897 e. The van der Waals surface area contributed by atoms with E-state index in [2.05, 4.69) is 5.32 Å². The van der Waals surface area contributed by atoms with Crippen LogP contribution in [-0.4, -0.2) is 44.1 Å². The van der Waals surface area contributed by atoms with Crippen molar-refractivity contribution in [3.8, 4) is 0 Å². The number of aliphatic hydroxyl groups excluding tert-OH is 1. The number of ether oxygens (including phenoxy) is 2. The second-order valence-corrected chi connectivity index (χ2v) is 4.93. The van der Waals surface area contributed by atoms with Crippen LogP contribution < -0.4 is 5.32 Å². The number of halogens is 1. The number of aliphatic hydroxyl groups is 1. The third-order valence-corrected chi connectivity index (χ3v) is 3.01. The molecule has 4 nitrogen and oxygen atoms in total. The van der Waals surface area contributed by atoms with Crippen LogP contribution >= 0.6 is 11.6 Å². The van der Waals surface area contributed by atoms with Crippen molar-refractivity contribution in [1.82, 2.24) is 5.32 Å². The van der Waals surface area contributed by atoms with Gasteiger partial charge >= 0.3 is 0 Å². The summed E-state index contributed by atoms with van der Waals surface area (Å²) < 4.78 is 10.4. The first kappa shape index (κ1) is 16.4. The van der Waals surface area contributed by atoms with Crippen LogP contribution in [0.15, 0.2) is 24.3 Å². The van der Waals surface area contributed by atoms with Crippen LogP contribution in [0.25, 0.3) is 0 Å². The summed E-state index contributed by atoms with van der Waals surface area (Å²) in [6, 6.07) is 7.73. The van der Waals surface area contributed by atoms with Crippen LogP contribution in [0.2, 0.25) is 5.02 Å². The lowest BCUT2D eigenvalue weighted by atomic mass is 10.2. The second kappa shape index (κ2) is 9.28. The molecular weight excluding hydrogens is 266 g/mol. The van der Waals surface area contributed by atoms with E-state index in [9.17, 15) is 5.11 Å². The molecule has 0 aliphatic heterocycles. The van der Waals surface area contributed by atoms with Crippen LogP contribution in [0.5, 0.6) is 0 Å². The Labute approximate surface area is 119 Å². The SMILES string of the molecule is COCC(C)NCC(O)COCc1ccccc1Cl. The molecule has 0 radical (unpaired) electrons. The van der Waals surface area contributed by atoms with Gasteiger partial charge in [0.2, 0.25) is 0 Å². The van der Waals surface area contributed by atoms with Gasteiger partial charge in [-0.3, -0.25) is 0 Å². The van der Waals surface area contributed by atoms with Crippen molar-refractivity contribution in [2.75, 3.05) is 26.9 Å². The predicted octanol–water partition coefficient (Wildman–Crippen LogP) is 1.84. The Bertz CT molecular complexity index is 362. The van der Waals surface area contributed by atoms with Gasteiger partial charge in [0.05, 0.1) is 25.9 Å². The molecule has 2 N–H and O–H groups in total. The van der Waals surface area contributed by atoms with E-state index >= 15 is 0 Å². The Hall–Kier alpha value is -0.650. The van der Waals surface area contributed by atoms with Gasteiger partial charge in [0, 0.05) is 24.7 Å². The zero-order valence-electron chi connectivity index (χ0n) is 11.4. The molecule has 1 rings (SSSR count). The fourth-order valence-electron chi connectivity index (χ4n) is 1.63. The lowest BCUT2D eigenvalue weighted by Gasteiger charge is -2.16. The van der Waals surface area contributed by atoms with Gasteiger partial charge < -0.3 is 19.9 Å². The fraction of sp³-hybridized carbons (Fsp3) is 0.571. The summed E-state index contributed by atoms with van der Waals surface area (Å²) in [7, 11) is 1.65. The number of hydrogen-bond acceptors (Lipinski definition) is 4. The van der Waals surface area contributed by atoms with E-state index in [4.69, 9.17) is 21.1 Å². The fourth-order valence-corrected chi connectivity index (χ4v) is 1.82. The van der Waals surface area contributed by atoms with E-state index in [1.165, 1.54) is 0 Å². The number of nitrogens with one attached hydrogen (secondary N) is 1. The average Bonchev–Trinajstić information content (AvgIpc) is 2.39. The first-order valence-electron chi connectivity index (χ1n) is 6.35. The minimum absolute atomic E-state index is 0.211. The Balaban J connectivity index is 2.17. The summed E-state index contributed by atoms with van der Waals surface area (Å²) in [5.41, 5.74) is 0.928. The largest absolute Gasteiger partial charge is 0.389 e. The third kappa shape index (κ3) is 6.89. The topological polar surface area (TPSA) is 50.7 Å². The summed E-state index contributed by atoms with van der Waals surface area (Å²) in [4.78, 5) is 0. The molecular formula is C14H22ClNO3. The lowest BCUT2D eigenvalue weighted by Crippen LogP contribution is -2.38. The average molecular weight is 288 g/mol. The molecule has 0 aliphatic carbocycles. The Kier molecular flexibility index (Phi) is 8.02. The number of hydrogen-bond donors (Lipinski definition) is 2. The van der Waals surface area contributed by atoms with Crippen molar-refractivity contribution in [1.29, 1.82) is 0 Å². The standard InChI is InChI=1S/C14H22ClNO3/c1-11(8-18-2)16-7-13(17)10-19-9-12-5-3-4-6-14(12)15/h3-6,11,13,16-17H,7-10H2,1-2H3. The van der Waals surface area contributed by atoms with Crippen molar-refractivity contribution in [2.24, 2.45) is 0 Å². The molecule has 0 heterocycles. The molecule has 0 spiro atoms. The Morgan fingerprint density at radius 2 is 2.05 bits per heavy atom. The van der Waals surface area contributed by atoms with Crippen LogP contribution in [0.4, 0.5) is 0 Å². The van der Waals surface area contributed by atoms with Gasteiger partial charge in [-0.2, -0.15) is 0 Å². The highest BCUT2D eigenvalue weighted by Gasteiger charge is 2.07. The van der Waals surface area contributed by atoms with Crippen LogP contribution in [-0.2, 0) is 16.1 Å². The van der Waals surface area contributed by atoms with E-state index < -0.39 is 6.10 Å². The zero-order chi connectivity index (χ0) is 14.1. The van der Waals surface area contributed by atoms with Crippen LogP contribution in [0, 0.1) is 0 Å². The second-order valence-electron chi connectivity index (χ2n) is 4.52. The van der Waals surface area contributed by atoms with Gasteiger partial charge in [0.25, 0.3) is 0 Å². The summed E-state index contributed by atoms with van der Waals surface area (Å²) in [5.74, 6) is 0. The molecule has 19 heavy (non-hydrogen) atoms. The van der Waals surface area contributed by atoms with Gasteiger partial charge in [0.1, 0.15) is 0 Å². The molecule has 0 amide bonds. The summed E-state index contributed by atoms with van der Waals surface area (Å²) in [5, 5.41) is 13.6. The van der Waals surface area contributed by atoms with Gasteiger partial charge in [-0.25, -0.2) is 0 Å². The van der Waals surface area contributed by atoms with E-state index in [0.717, 1.165) is 5.56 Å². The summed E-state index contributed by atoms with van der Waals surface area (Å²) >= 11 is 6.01. The van der Waals surface area contributed by atoms with Crippen LogP contribution in [0.3, 0.4) is 0 Å². The normalized spacial score (nSPS) is 14.3. The van der Waals surface area contributed by atoms with E-state index in [-0.39, 0.29) is 12.6 Å². The molecule has 1 aromatic carbocycles. The molecule has 0 fully saturated rings. The first-order chi connectivity index (χ1) is 9.13. The molecule has 108 valence electrons. The Morgan fingerprint density at radius 3 is 2.74 bits per heavy atom. The molecule has 2 atom stereocenters. The lowest BCUT2D eigenvalue weighted by molar-refractivity contribution is 0.0264. The van der Waals surface area contributed by atoms with Crippen molar-refractivity contribution in [2.45, 2.75) is 25.7 Å². The molecule has 0 bridgehead atoms. The van der Waals surface area contributed by atoms with Crippen molar-refractivity contribution in [3.63, 3.8) is 0 Å². The molecule has 0 aliphatic rings. The molecule has 0 saturated carbocycles. The molecule has 2 unspecified atom stereocenters. The van der Waals surface area contributed by atoms with Crippen molar-refractivity contribution in [3.05, 3.63) is 34.9 Å². The van der Waals surface area contributed by atoms with Gasteiger partial charge in [-0.1, -0.05) is 29.8 Å². The van der Waals surface area contributed by atoms with Crippen molar-refractivity contribution < 1.29 is 14.6 Å². The Morgan fingerprint density at radius 1 is 1.32 bits per heavy atom. The molecule has 0 saturated heterocycles. The van der Waals surface area contributed by atoms with Crippen LogP contribution in [0.1, 0.15) is 12.5 Å². The van der Waals surface area contributed by atoms with Gasteiger partial charge in [-0.05, 0) is 18.6 Å². The number of methoxy groups -OCH3 is 1. The highest BCUT2D eigenvalue weighted by molar-refractivity contribution is 6.31. The number of rotatable bonds is 9. The first-order valence-corrected chi connectivity index (χ1v) is 6.72. The highest BCUT2D eigenvalue weighted by Crippen LogP contribution is 2.15. The maximum atomic E-state index is 9.75. The summed E-state index contributed by atoms with van der Waals surface area (Å²) in [6.45, 7) is 3.78. The van der Waals surface area contributed by atoms with E-state index in [1.54, 1.807) is 7.11 Å². The third-order valence-electron chi connectivity index (χ3n) is 2.64. The summed E-state index contributed by atoms with van der Waals surface area (Å²) in [6.07, 6.45) is -0.540. The number of benzene rings is 1. The molecule has 1 aromatic rings. The monoisotopic (exact) mass is 287 g/mol. The van der Waals surface area contributed by atoms with E-state index in [0.29, 0.717) is 24.8 Å². The van der Waals surface area contributed by atoms with Crippen molar-refractivity contribution >= 4 is 11.6 Å². The van der Waals surface area contributed by atoms with Gasteiger partial charge in [0.15, 0.2) is 0 Å². The zero-order valence-corrected chi connectivity index (χ0v) is 12.2. The minimum atomic E-state index is -0.540. The highest BCUT2D eigenvalue weighted by atomic mass is 35.5. The smallest absolute Gasteiger partial charge is 0.0897 e. The van der Waals surface area contributed by atoms with E-state index in [1.807, 2.05) is 31.2 Å². The molecule has 0 aromatic heterocycles. The predicted molar refractivity (Wildman–Crippen MR) is 76.5 cm³/mol.